The number of benzene rings is 1. The Bertz CT molecular complexity index is 2010. The van der Waals surface area contributed by atoms with Crippen LogP contribution in [0.2, 0.25) is 0 Å². The molecule has 1 aromatic heterocycles. The van der Waals surface area contributed by atoms with E-state index in [2.05, 4.69) is 0 Å². The Morgan fingerprint density at radius 2 is 1.74 bits per heavy atom. The molecule has 7 aliphatic rings. The van der Waals surface area contributed by atoms with Gasteiger partial charge in [0, 0.05) is 48.2 Å². The van der Waals surface area contributed by atoms with Crippen LogP contribution in [0.1, 0.15) is 82.8 Å². The van der Waals surface area contributed by atoms with Crippen LogP contribution in [-0.4, -0.2) is 87.9 Å². The average Bonchev–Trinajstić information content (AvgIpc) is 3.91. The highest BCUT2D eigenvalue weighted by Gasteiger charge is 3.03. The van der Waals surface area contributed by atoms with Gasteiger partial charge in [-0.05, 0) is 43.0 Å². The lowest BCUT2D eigenvalue weighted by Gasteiger charge is -2.76. The largest absolute Gasteiger partial charge is 0.472 e. The van der Waals surface area contributed by atoms with Gasteiger partial charge in [-0.3, -0.25) is 9.59 Å². The number of esters is 4. The summed E-state index contributed by atoms with van der Waals surface area (Å²) in [5.41, 5.74) is -11.7. The third-order valence-electron chi connectivity index (χ3n) is 14.6. The highest BCUT2D eigenvalue weighted by atomic mass is 17.0. The minimum atomic E-state index is -2.43. The summed E-state index contributed by atoms with van der Waals surface area (Å²) in [5.74, 6) is -6.11. The van der Waals surface area contributed by atoms with Crippen molar-refractivity contribution in [1.29, 1.82) is 0 Å². The molecule has 288 valence electrons. The summed E-state index contributed by atoms with van der Waals surface area (Å²) in [6.45, 7) is 10.2. The number of rotatable bonds is 7. The van der Waals surface area contributed by atoms with Gasteiger partial charge in [0.2, 0.25) is 0 Å². The molecule has 6 fully saturated rings. The van der Waals surface area contributed by atoms with Crippen molar-refractivity contribution in [3.63, 3.8) is 0 Å². The molecule has 54 heavy (non-hydrogen) atoms. The number of carbonyl (C=O) groups is 4. The van der Waals surface area contributed by atoms with Crippen molar-refractivity contribution < 1.29 is 67.0 Å². The van der Waals surface area contributed by atoms with Crippen molar-refractivity contribution >= 4 is 23.9 Å². The number of hydrogen-bond acceptors (Lipinski definition) is 14. The van der Waals surface area contributed by atoms with Crippen LogP contribution in [-0.2, 0) is 47.5 Å². The van der Waals surface area contributed by atoms with E-state index in [4.69, 9.17) is 37.6 Å². The van der Waals surface area contributed by atoms with Crippen LogP contribution in [0.3, 0.4) is 0 Å². The van der Waals surface area contributed by atoms with Gasteiger partial charge in [0.15, 0.2) is 11.2 Å². The molecular weight excluding hydrogens is 704 g/mol. The maximum atomic E-state index is 14.0. The van der Waals surface area contributed by atoms with Crippen LogP contribution in [0.4, 0.5) is 0 Å². The molecule has 0 amide bonds. The molecule has 1 aromatic carbocycles. The number of aliphatic hydroxyl groups is 2. The molecule has 0 unspecified atom stereocenters. The fraction of sp³-hybridized carbons (Fsp3) is 0.600. The molecule has 4 bridgehead atoms. The fourth-order valence-electron chi connectivity index (χ4n) is 12.5. The number of carbonyl (C=O) groups excluding carboxylic acids is 4. The van der Waals surface area contributed by atoms with E-state index in [9.17, 15) is 29.4 Å². The van der Waals surface area contributed by atoms with Gasteiger partial charge in [-0.2, -0.15) is 0 Å². The standard InChI is InChI=1S/C40H44O14/c1-20(2)40-52-32-38(46)31(51-30(44)22-11-9-8-10-12-22)33(4)19-36(38,45)35(6,24(33)15-27(42)47-7)37(53-40)17-26(49-21(3)41)34(5)25(39(32,37)54-40)16-28(43)50-29(34)23-13-14-48-18-23/h8-14,16,18,20,24,26,29,31-32,45-46H,15,17,19H2,1-7H3/t24-,26-,29-,31-,32+,33-,34-,35+,36+,37-,38-,39+,40+/m0/s1. The molecular formula is C40H44O14. The first kappa shape index (κ1) is 35.6. The molecule has 2 aromatic rings. The van der Waals surface area contributed by atoms with E-state index < -0.39 is 105 Å². The lowest BCUT2D eigenvalue weighted by atomic mass is 9.34. The molecule has 4 heterocycles. The number of cyclic esters (lactones) is 1. The number of methoxy groups -OCH3 is 1. The normalized spacial score (nSPS) is 47.4. The third kappa shape index (κ3) is 3.61. The molecule has 4 saturated carbocycles. The lowest BCUT2D eigenvalue weighted by Crippen LogP contribution is -2.93. The van der Waals surface area contributed by atoms with Gasteiger partial charge in [0.25, 0.3) is 5.97 Å². The van der Waals surface area contributed by atoms with E-state index in [1.807, 2.05) is 0 Å². The quantitative estimate of drug-likeness (QED) is 0.308. The third-order valence-corrected chi connectivity index (χ3v) is 14.6. The van der Waals surface area contributed by atoms with E-state index in [-0.39, 0.29) is 30.4 Å². The second-order valence-corrected chi connectivity index (χ2v) is 17.1. The summed E-state index contributed by atoms with van der Waals surface area (Å²) >= 11 is 0. The van der Waals surface area contributed by atoms with E-state index in [0.717, 1.165) is 0 Å². The number of fused-ring (bicyclic) bond motifs is 4. The van der Waals surface area contributed by atoms with Crippen LogP contribution < -0.4 is 0 Å². The molecule has 3 aliphatic heterocycles. The fourth-order valence-corrected chi connectivity index (χ4v) is 12.5. The summed E-state index contributed by atoms with van der Waals surface area (Å²) in [6, 6.07) is 9.90. The van der Waals surface area contributed by atoms with Crippen molar-refractivity contribution in [2.45, 2.75) is 114 Å². The van der Waals surface area contributed by atoms with Crippen LogP contribution in [0, 0.1) is 28.1 Å². The monoisotopic (exact) mass is 748 g/mol. The first-order valence-electron chi connectivity index (χ1n) is 18.3. The number of furan rings is 1. The maximum absolute atomic E-state index is 14.0. The predicted molar refractivity (Wildman–Crippen MR) is 180 cm³/mol. The lowest BCUT2D eigenvalue weighted by molar-refractivity contribution is -0.456. The molecule has 14 nitrogen and oxygen atoms in total. The smallest absolute Gasteiger partial charge is 0.338 e. The van der Waals surface area contributed by atoms with Crippen molar-refractivity contribution in [1.82, 2.24) is 0 Å². The summed E-state index contributed by atoms with van der Waals surface area (Å²) in [7, 11) is 1.25. The van der Waals surface area contributed by atoms with Gasteiger partial charge >= 0.3 is 23.9 Å². The van der Waals surface area contributed by atoms with Crippen LogP contribution >= 0.6 is 0 Å². The Morgan fingerprint density at radius 3 is 2.37 bits per heavy atom. The highest BCUT2D eigenvalue weighted by Crippen LogP contribution is 2.88. The topological polar surface area (TPSA) is 186 Å². The Kier molecular flexibility index (Phi) is 6.99. The molecule has 4 aliphatic carbocycles. The number of hydrogen-bond donors (Lipinski definition) is 2. The minimum absolute atomic E-state index is 0.141. The summed E-state index contributed by atoms with van der Waals surface area (Å²) < 4.78 is 50.5. The van der Waals surface area contributed by atoms with Crippen molar-refractivity contribution in [2.24, 2.45) is 28.1 Å². The van der Waals surface area contributed by atoms with Gasteiger partial charge in [0.1, 0.15) is 35.6 Å². The van der Waals surface area contributed by atoms with Crippen molar-refractivity contribution in [3.8, 4) is 0 Å². The van der Waals surface area contributed by atoms with Gasteiger partial charge in [-0.1, -0.05) is 45.9 Å². The zero-order valence-corrected chi connectivity index (χ0v) is 31.1. The van der Waals surface area contributed by atoms with Gasteiger partial charge in [-0.15, -0.1) is 0 Å². The molecule has 2 saturated heterocycles. The van der Waals surface area contributed by atoms with E-state index in [1.165, 1.54) is 32.6 Å². The van der Waals surface area contributed by atoms with Crippen LogP contribution in [0.25, 0.3) is 0 Å². The SMILES string of the molecule is COC(=O)C[C@H]1[C@]2(C)C[C@]3(O)[C@@](O)([C@H]4O[C@]5(C(C)C)O[C@@]6(C[C@H](OC(C)=O)[C@]7(C)C(=CC(=O)O[C@H]7c7ccoc7)[C@@]46O5)[C@]13C)[C@H]2OC(=O)c1ccccc1. The van der Waals surface area contributed by atoms with E-state index in [1.54, 1.807) is 71.0 Å². The number of ether oxygens (including phenoxy) is 7. The Labute approximate surface area is 311 Å². The maximum Gasteiger partial charge on any atom is 0.338 e. The average molecular weight is 749 g/mol. The van der Waals surface area contributed by atoms with Gasteiger partial charge < -0.3 is 47.8 Å². The molecule has 0 radical (unpaired) electrons. The van der Waals surface area contributed by atoms with Crippen molar-refractivity contribution in [2.75, 3.05) is 7.11 Å². The highest BCUT2D eigenvalue weighted by molar-refractivity contribution is 5.90. The molecule has 2 N–H and O–H groups in total. The summed E-state index contributed by atoms with van der Waals surface area (Å²) in [5, 5.41) is 27.3. The molecule has 14 heteroatoms. The molecule has 9 rings (SSSR count). The van der Waals surface area contributed by atoms with Crippen LogP contribution in [0.5, 0.6) is 0 Å². The predicted octanol–water partition coefficient (Wildman–Crippen LogP) is 3.69. The molecule has 1 spiro atoms. The summed E-state index contributed by atoms with van der Waals surface area (Å²) in [4.78, 5) is 54.5. The zero-order valence-electron chi connectivity index (χ0n) is 31.1. The Hall–Kier alpha value is -4.08. The van der Waals surface area contributed by atoms with Crippen molar-refractivity contribution in [3.05, 3.63) is 71.7 Å². The first-order valence-corrected chi connectivity index (χ1v) is 18.3. The van der Waals surface area contributed by atoms with E-state index >= 15 is 0 Å². The van der Waals surface area contributed by atoms with E-state index in [0.29, 0.717) is 5.56 Å². The van der Waals surface area contributed by atoms with Gasteiger partial charge in [0.05, 0.1) is 30.6 Å². The second-order valence-electron chi connectivity index (χ2n) is 17.1. The Balaban J connectivity index is 1.36. The second kappa shape index (κ2) is 10.6. The summed E-state index contributed by atoms with van der Waals surface area (Å²) in [6.07, 6.45) is -1.62. The zero-order chi connectivity index (χ0) is 38.6. The Morgan fingerprint density at radius 1 is 1.02 bits per heavy atom. The van der Waals surface area contributed by atoms with Crippen LogP contribution in [0.15, 0.2) is 65.0 Å². The molecule has 13 atom stereocenters. The first-order chi connectivity index (χ1) is 25.4. The van der Waals surface area contributed by atoms with Gasteiger partial charge in [-0.25, -0.2) is 9.59 Å². The minimum Gasteiger partial charge on any atom is -0.472 e.